The van der Waals surface area contributed by atoms with Crippen LogP contribution in [0.25, 0.3) is 0 Å². The molecule has 100 valence electrons. The van der Waals surface area contributed by atoms with Gasteiger partial charge in [-0.2, -0.15) is 0 Å². The molecule has 5 heteroatoms. The van der Waals surface area contributed by atoms with Crippen LogP contribution in [0.1, 0.15) is 31.6 Å². The second-order valence-electron chi connectivity index (χ2n) is 4.91. The predicted octanol–water partition coefficient (Wildman–Crippen LogP) is 2.16. The van der Waals surface area contributed by atoms with Gasteiger partial charge in [0.05, 0.1) is 5.75 Å². The number of aromatic nitrogens is 1. The Morgan fingerprint density at radius 2 is 2.28 bits per heavy atom. The summed E-state index contributed by atoms with van der Waals surface area (Å²) in [6, 6.07) is 3.83. The minimum atomic E-state index is -0.440. The molecule has 2 N–H and O–H groups in total. The molecule has 0 radical (unpaired) electrons. The van der Waals surface area contributed by atoms with Crippen molar-refractivity contribution in [1.82, 2.24) is 4.98 Å². The highest BCUT2D eigenvalue weighted by molar-refractivity contribution is 8.00. The van der Waals surface area contributed by atoms with Gasteiger partial charge in [0, 0.05) is 24.2 Å². The van der Waals surface area contributed by atoms with E-state index in [0.29, 0.717) is 12.3 Å². The van der Waals surface area contributed by atoms with Crippen molar-refractivity contribution < 1.29 is 9.53 Å². The number of rotatable bonds is 5. The zero-order chi connectivity index (χ0) is 13.6. The highest BCUT2D eigenvalue weighted by Gasteiger charge is 2.18. The Labute approximate surface area is 112 Å². The molecule has 0 spiro atoms. The van der Waals surface area contributed by atoms with Gasteiger partial charge in [0.15, 0.2) is 0 Å². The smallest absolute Gasteiger partial charge is 0.316 e. The number of hydrogen-bond acceptors (Lipinski definition) is 5. The lowest BCUT2D eigenvalue weighted by Crippen LogP contribution is -2.25. The van der Waals surface area contributed by atoms with Gasteiger partial charge >= 0.3 is 5.97 Å². The molecule has 1 aromatic heterocycles. The van der Waals surface area contributed by atoms with Crippen LogP contribution in [0, 0.1) is 0 Å². The van der Waals surface area contributed by atoms with E-state index < -0.39 is 5.60 Å². The maximum absolute atomic E-state index is 11.6. The first-order valence-electron chi connectivity index (χ1n) is 5.86. The average molecular weight is 268 g/mol. The Bertz CT molecular complexity index is 376. The van der Waals surface area contributed by atoms with Crippen LogP contribution in [-0.4, -0.2) is 28.9 Å². The summed E-state index contributed by atoms with van der Waals surface area (Å²) in [6.07, 6.45) is 3.50. The minimum Gasteiger partial charge on any atom is -0.459 e. The first-order valence-corrected chi connectivity index (χ1v) is 6.90. The number of carbonyl (C=O) groups excluding carboxylic acids is 1. The molecular weight excluding hydrogens is 248 g/mol. The van der Waals surface area contributed by atoms with Gasteiger partial charge < -0.3 is 10.5 Å². The molecule has 1 heterocycles. The number of carbonyl (C=O) groups is 1. The van der Waals surface area contributed by atoms with Gasteiger partial charge in [0.25, 0.3) is 0 Å². The number of nitrogens with zero attached hydrogens (tertiary/aromatic N) is 1. The Kier molecular flexibility index (Phi) is 5.62. The summed E-state index contributed by atoms with van der Waals surface area (Å²) in [7, 11) is 0. The third-order valence-electron chi connectivity index (χ3n) is 2.09. The van der Waals surface area contributed by atoms with E-state index in [4.69, 9.17) is 10.5 Å². The molecule has 0 amide bonds. The molecule has 0 aromatic carbocycles. The Morgan fingerprint density at radius 3 is 2.78 bits per heavy atom. The lowest BCUT2D eigenvalue weighted by molar-refractivity contribution is -0.151. The van der Waals surface area contributed by atoms with Gasteiger partial charge in [-0.15, -0.1) is 11.8 Å². The molecule has 0 bridgehead atoms. The second-order valence-corrected chi connectivity index (χ2v) is 6.10. The molecule has 0 aliphatic heterocycles. The molecule has 0 saturated heterocycles. The zero-order valence-electron chi connectivity index (χ0n) is 11.1. The van der Waals surface area contributed by atoms with E-state index >= 15 is 0 Å². The monoisotopic (exact) mass is 268 g/mol. The highest BCUT2D eigenvalue weighted by atomic mass is 32.2. The molecule has 0 fully saturated rings. The SMILES string of the molecule is CC(C)(C)OC(=O)CSC(CN)c1cccnc1. The number of pyridine rings is 1. The minimum absolute atomic E-state index is 0.0752. The van der Waals surface area contributed by atoms with Gasteiger partial charge in [-0.3, -0.25) is 9.78 Å². The summed E-state index contributed by atoms with van der Waals surface area (Å²) in [6.45, 7) is 6.05. The molecule has 1 atom stereocenters. The van der Waals surface area contributed by atoms with Crippen molar-refractivity contribution in [3.05, 3.63) is 30.1 Å². The normalized spacial score (nSPS) is 13.1. The summed E-state index contributed by atoms with van der Waals surface area (Å²) in [4.78, 5) is 15.7. The summed E-state index contributed by atoms with van der Waals surface area (Å²) in [5, 5.41) is 0.0752. The van der Waals surface area contributed by atoms with Crippen LogP contribution in [0.2, 0.25) is 0 Å². The first-order chi connectivity index (χ1) is 8.42. The van der Waals surface area contributed by atoms with Crippen LogP contribution >= 0.6 is 11.8 Å². The molecule has 4 nitrogen and oxygen atoms in total. The van der Waals surface area contributed by atoms with Crippen molar-refractivity contribution in [3.8, 4) is 0 Å². The molecule has 1 unspecified atom stereocenters. The van der Waals surface area contributed by atoms with Crippen molar-refractivity contribution >= 4 is 17.7 Å². The van der Waals surface area contributed by atoms with Crippen LogP contribution in [0.15, 0.2) is 24.5 Å². The quantitative estimate of drug-likeness (QED) is 0.829. The van der Waals surface area contributed by atoms with E-state index in [-0.39, 0.29) is 11.2 Å². The third-order valence-corrected chi connectivity index (χ3v) is 3.36. The van der Waals surface area contributed by atoms with E-state index in [9.17, 15) is 4.79 Å². The average Bonchev–Trinajstić information content (AvgIpc) is 2.29. The van der Waals surface area contributed by atoms with E-state index in [2.05, 4.69) is 4.98 Å². The lowest BCUT2D eigenvalue weighted by atomic mass is 10.2. The first kappa shape index (κ1) is 15.0. The highest BCUT2D eigenvalue weighted by Crippen LogP contribution is 2.27. The molecular formula is C13H20N2O2S. The number of thioether (sulfide) groups is 1. The molecule has 1 aromatic rings. The topological polar surface area (TPSA) is 65.2 Å². The van der Waals surface area contributed by atoms with Crippen molar-refractivity contribution in [1.29, 1.82) is 0 Å². The molecule has 18 heavy (non-hydrogen) atoms. The fraction of sp³-hybridized carbons (Fsp3) is 0.538. The fourth-order valence-corrected chi connectivity index (χ4v) is 2.27. The van der Waals surface area contributed by atoms with Gasteiger partial charge in [0.2, 0.25) is 0 Å². The van der Waals surface area contributed by atoms with Gasteiger partial charge in [-0.25, -0.2) is 0 Å². The van der Waals surface area contributed by atoms with Crippen molar-refractivity contribution in [2.45, 2.75) is 31.6 Å². The standard InChI is InChI=1S/C13H20N2O2S/c1-13(2,3)17-12(16)9-18-11(7-14)10-5-4-6-15-8-10/h4-6,8,11H,7,9,14H2,1-3H3. The predicted molar refractivity (Wildman–Crippen MR) is 74.3 cm³/mol. The molecule has 1 rings (SSSR count). The van der Waals surface area contributed by atoms with Gasteiger partial charge in [0.1, 0.15) is 5.60 Å². The van der Waals surface area contributed by atoms with E-state index in [1.165, 1.54) is 11.8 Å². The number of nitrogens with two attached hydrogens (primary N) is 1. The fourth-order valence-electron chi connectivity index (χ4n) is 1.41. The summed E-state index contributed by atoms with van der Waals surface area (Å²) < 4.78 is 5.25. The summed E-state index contributed by atoms with van der Waals surface area (Å²) >= 11 is 1.48. The molecule has 0 saturated carbocycles. The van der Waals surface area contributed by atoms with E-state index in [1.807, 2.05) is 32.9 Å². The largest absolute Gasteiger partial charge is 0.459 e. The zero-order valence-corrected chi connectivity index (χ0v) is 11.9. The molecule has 0 aliphatic carbocycles. The van der Waals surface area contributed by atoms with Crippen molar-refractivity contribution in [2.75, 3.05) is 12.3 Å². The maximum atomic E-state index is 11.6. The number of ether oxygens (including phenoxy) is 1. The third kappa shape index (κ3) is 5.51. The Morgan fingerprint density at radius 1 is 1.56 bits per heavy atom. The summed E-state index contributed by atoms with van der Waals surface area (Å²) in [5.74, 6) is 0.0865. The Hall–Kier alpha value is -1.07. The van der Waals surface area contributed by atoms with E-state index in [0.717, 1.165) is 5.56 Å². The number of esters is 1. The van der Waals surface area contributed by atoms with Crippen LogP contribution < -0.4 is 5.73 Å². The second kappa shape index (κ2) is 6.75. The van der Waals surface area contributed by atoms with Gasteiger partial charge in [-0.05, 0) is 32.4 Å². The van der Waals surface area contributed by atoms with Crippen LogP contribution in [-0.2, 0) is 9.53 Å². The van der Waals surface area contributed by atoms with Crippen molar-refractivity contribution in [3.63, 3.8) is 0 Å². The van der Waals surface area contributed by atoms with Gasteiger partial charge in [-0.1, -0.05) is 6.07 Å². The Balaban J connectivity index is 2.48. The molecule has 0 aliphatic rings. The number of hydrogen-bond donors (Lipinski definition) is 1. The van der Waals surface area contributed by atoms with Crippen LogP contribution in [0.4, 0.5) is 0 Å². The summed E-state index contributed by atoms with van der Waals surface area (Å²) in [5.41, 5.74) is 6.31. The van der Waals surface area contributed by atoms with Crippen LogP contribution in [0.5, 0.6) is 0 Å². The maximum Gasteiger partial charge on any atom is 0.316 e. The lowest BCUT2D eigenvalue weighted by Gasteiger charge is -2.20. The van der Waals surface area contributed by atoms with E-state index in [1.54, 1.807) is 12.4 Å². The van der Waals surface area contributed by atoms with Crippen LogP contribution in [0.3, 0.4) is 0 Å². The van der Waals surface area contributed by atoms with Crippen molar-refractivity contribution in [2.24, 2.45) is 5.73 Å².